The third kappa shape index (κ3) is 6.57. The topological polar surface area (TPSA) is 59.6 Å². The van der Waals surface area contributed by atoms with Gasteiger partial charge in [0.15, 0.2) is 0 Å². The Morgan fingerprint density at radius 1 is 1.12 bits per heavy atom. The number of carbonyl (C=O) groups is 1. The van der Waals surface area contributed by atoms with Gasteiger partial charge in [-0.3, -0.25) is 4.79 Å². The molecule has 2 aromatic carbocycles. The van der Waals surface area contributed by atoms with Crippen molar-refractivity contribution in [1.29, 1.82) is 0 Å². The van der Waals surface area contributed by atoms with Gasteiger partial charge >= 0.3 is 0 Å². The van der Waals surface area contributed by atoms with Gasteiger partial charge in [0, 0.05) is 31.0 Å². The van der Waals surface area contributed by atoms with Crippen LogP contribution in [0.15, 0.2) is 48.5 Å². The van der Waals surface area contributed by atoms with Crippen molar-refractivity contribution in [2.24, 2.45) is 0 Å². The molecular formula is C20H26N2O3. The summed E-state index contributed by atoms with van der Waals surface area (Å²) in [5.74, 6) is 0.596. The van der Waals surface area contributed by atoms with E-state index in [-0.39, 0.29) is 5.91 Å². The summed E-state index contributed by atoms with van der Waals surface area (Å²) in [5.41, 5.74) is 2.51. The number of anilines is 1. The third-order valence-electron chi connectivity index (χ3n) is 3.71. The van der Waals surface area contributed by atoms with Crippen LogP contribution in [0, 0.1) is 0 Å². The van der Waals surface area contributed by atoms with Crippen LogP contribution in [0.25, 0.3) is 0 Å². The van der Waals surface area contributed by atoms with E-state index in [1.165, 1.54) is 0 Å². The number of hydrogen-bond acceptors (Lipinski definition) is 4. The lowest BCUT2D eigenvalue weighted by atomic mass is 10.1. The molecule has 0 atom stereocenters. The van der Waals surface area contributed by atoms with E-state index in [1.807, 2.05) is 31.2 Å². The Labute approximate surface area is 149 Å². The predicted octanol–water partition coefficient (Wildman–Crippen LogP) is 3.46. The van der Waals surface area contributed by atoms with Crippen LogP contribution in [0.3, 0.4) is 0 Å². The molecule has 0 aliphatic heterocycles. The van der Waals surface area contributed by atoms with E-state index in [0.717, 1.165) is 49.7 Å². The molecule has 0 saturated heterocycles. The van der Waals surface area contributed by atoms with Crippen LogP contribution < -0.4 is 15.4 Å². The standard InChI is InChI=1S/C20H26N2O3/c1-3-25-13-5-12-21-15-16-6-4-7-18(14-16)22-20(23)17-8-10-19(24-2)11-9-17/h4,6-11,14,21H,3,5,12-13,15H2,1-2H3,(H,22,23). The van der Waals surface area contributed by atoms with Gasteiger partial charge in [0.2, 0.25) is 0 Å². The summed E-state index contributed by atoms with van der Waals surface area (Å²) in [6, 6.07) is 14.9. The average molecular weight is 342 g/mol. The molecule has 0 unspecified atom stereocenters. The Morgan fingerprint density at radius 2 is 1.92 bits per heavy atom. The first-order chi connectivity index (χ1) is 12.2. The van der Waals surface area contributed by atoms with Crippen molar-refractivity contribution in [3.8, 4) is 5.75 Å². The van der Waals surface area contributed by atoms with E-state index in [4.69, 9.17) is 9.47 Å². The van der Waals surface area contributed by atoms with E-state index >= 15 is 0 Å². The minimum atomic E-state index is -0.135. The van der Waals surface area contributed by atoms with Gasteiger partial charge in [0.25, 0.3) is 5.91 Å². The Bertz CT molecular complexity index is 656. The largest absolute Gasteiger partial charge is 0.497 e. The van der Waals surface area contributed by atoms with Crippen LogP contribution in [0.2, 0.25) is 0 Å². The second-order valence-corrected chi connectivity index (χ2v) is 5.61. The first-order valence-corrected chi connectivity index (χ1v) is 8.55. The van der Waals surface area contributed by atoms with Crippen molar-refractivity contribution in [2.45, 2.75) is 19.9 Å². The molecule has 2 rings (SSSR count). The third-order valence-corrected chi connectivity index (χ3v) is 3.71. The van der Waals surface area contributed by atoms with Gasteiger partial charge in [-0.1, -0.05) is 12.1 Å². The number of rotatable bonds is 10. The molecule has 0 bridgehead atoms. The summed E-state index contributed by atoms with van der Waals surface area (Å²) >= 11 is 0. The van der Waals surface area contributed by atoms with E-state index < -0.39 is 0 Å². The van der Waals surface area contributed by atoms with Crippen molar-refractivity contribution in [1.82, 2.24) is 5.32 Å². The fourth-order valence-corrected chi connectivity index (χ4v) is 2.38. The molecule has 0 radical (unpaired) electrons. The highest BCUT2D eigenvalue weighted by atomic mass is 16.5. The zero-order valence-electron chi connectivity index (χ0n) is 14.9. The maximum atomic E-state index is 12.3. The van der Waals surface area contributed by atoms with Crippen molar-refractivity contribution in [3.63, 3.8) is 0 Å². The molecule has 0 heterocycles. The molecular weight excluding hydrogens is 316 g/mol. The zero-order valence-corrected chi connectivity index (χ0v) is 14.9. The first kappa shape index (κ1) is 19.0. The van der Waals surface area contributed by atoms with Gasteiger partial charge in [0.1, 0.15) is 5.75 Å². The molecule has 2 N–H and O–H groups in total. The lowest BCUT2D eigenvalue weighted by molar-refractivity contribution is 0.102. The van der Waals surface area contributed by atoms with Crippen molar-refractivity contribution >= 4 is 11.6 Å². The van der Waals surface area contributed by atoms with E-state index in [1.54, 1.807) is 31.4 Å². The van der Waals surface area contributed by atoms with Crippen LogP contribution in [0.1, 0.15) is 29.3 Å². The van der Waals surface area contributed by atoms with Crippen LogP contribution in [0.5, 0.6) is 5.75 Å². The normalized spacial score (nSPS) is 10.5. The van der Waals surface area contributed by atoms with Gasteiger partial charge < -0.3 is 20.1 Å². The quantitative estimate of drug-likeness (QED) is 0.649. The van der Waals surface area contributed by atoms with Gasteiger partial charge in [0.05, 0.1) is 7.11 Å². The van der Waals surface area contributed by atoms with Gasteiger partial charge in [-0.05, 0) is 61.9 Å². The Kier molecular flexibility index (Phi) is 7.95. The molecule has 25 heavy (non-hydrogen) atoms. The van der Waals surface area contributed by atoms with Crippen molar-refractivity contribution in [3.05, 3.63) is 59.7 Å². The monoisotopic (exact) mass is 342 g/mol. The summed E-state index contributed by atoms with van der Waals surface area (Å²) in [5, 5.41) is 6.31. The van der Waals surface area contributed by atoms with E-state index in [2.05, 4.69) is 10.6 Å². The number of hydrogen-bond donors (Lipinski definition) is 2. The van der Waals surface area contributed by atoms with Crippen LogP contribution in [-0.4, -0.2) is 32.8 Å². The lowest BCUT2D eigenvalue weighted by Crippen LogP contribution is -2.17. The van der Waals surface area contributed by atoms with Gasteiger partial charge in [-0.15, -0.1) is 0 Å². The fraction of sp³-hybridized carbons (Fsp3) is 0.350. The molecule has 0 spiro atoms. The summed E-state index contributed by atoms with van der Waals surface area (Å²) in [4.78, 5) is 12.3. The molecule has 5 nitrogen and oxygen atoms in total. The number of amides is 1. The van der Waals surface area contributed by atoms with Crippen LogP contribution in [0.4, 0.5) is 5.69 Å². The number of carbonyl (C=O) groups excluding carboxylic acids is 1. The van der Waals surface area contributed by atoms with Gasteiger partial charge in [-0.2, -0.15) is 0 Å². The highest BCUT2D eigenvalue weighted by Gasteiger charge is 2.06. The maximum Gasteiger partial charge on any atom is 0.255 e. The van der Waals surface area contributed by atoms with E-state index in [9.17, 15) is 4.79 Å². The Hall–Kier alpha value is -2.37. The second-order valence-electron chi connectivity index (χ2n) is 5.61. The first-order valence-electron chi connectivity index (χ1n) is 8.55. The molecule has 2 aromatic rings. The zero-order chi connectivity index (χ0) is 17.9. The number of methoxy groups -OCH3 is 1. The lowest BCUT2D eigenvalue weighted by Gasteiger charge is -2.09. The highest BCUT2D eigenvalue weighted by Crippen LogP contribution is 2.15. The molecule has 0 aliphatic carbocycles. The van der Waals surface area contributed by atoms with Gasteiger partial charge in [-0.25, -0.2) is 0 Å². The highest BCUT2D eigenvalue weighted by molar-refractivity contribution is 6.04. The summed E-state index contributed by atoms with van der Waals surface area (Å²) < 4.78 is 10.4. The maximum absolute atomic E-state index is 12.3. The van der Waals surface area contributed by atoms with Crippen LogP contribution >= 0.6 is 0 Å². The Morgan fingerprint density at radius 3 is 2.64 bits per heavy atom. The number of nitrogens with one attached hydrogen (secondary N) is 2. The summed E-state index contributed by atoms with van der Waals surface area (Å²) in [7, 11) is 1.60. The Balaban J connectivity index is 1.84. The summed E-state index contributed by atoms with van der Waals surface area (Å²) in [6.45, 7) is 5.21. The molecule has 0 fully saturated rings. The molecule has 0 aliphatic rings. The second kappa shape index (κ2) is 10.5. The van der Waals surface area contributed by atoms with Crippen LogP contribution in [-0.2, 0) is 11.3 Å². The smallest absolute Gasteiger partial charge is 0.255 e. The number of benzene rings is 2. The van der Waals surface area contributed by atoms with E-state index in [0.29, 0.717) is 5.56 Å². The molecule has 0 aromatic heterocycles. The minimum Gasteiger partial charge on any atom is -0.497 e. The fourth-order valence-electron chi connectivity index (χ4n) is 2.38. The van der Waals surface area contributed by atoms with Crippen molar-refractivity contribution in [2.75, 3.05) is 32.2 Å². The predicted molar refractivity (Wildman–Crippen MR) is 100 cm³/mol. The molecule has 0 saturated carbocycles. The SMILES string of the molecule is CCOCCCNCc1cccc(NC(=O)c2ccc(OC)cc2)c1. The number of ether oxygens (including phenoxy) is 2. The minimum absolute atomic E-state index is 0.135. The molecule has 5 heteroatoms. The summed E-state index contributed by atoms with van der Waals surface area (Å²) in [6.07, 6.45) is 0.988. The van der Waals surface area contributed by atoms with Crippen molar-refractivity contribution < 1.29 is 14.3 Å². The molecule has 1 amide bonds. The molecule has 134 valence electrons. The average Bonchev–Trinajstić information content (AvgIpc) is 2.65.